The van der Waals surface area contributed by atoms with E-state index in [1.807, 2.05) is 119 Å². The summed E-state index contributed by atoms with van der Waals surface area (Å²) in [6.07, 6.45) is 7.38. The molecule has 0 atom stereocenters. The normalized spacial score (nSPS) is 10.8. The van der Waals surface area contributed by atoms with Crippen LogP contribution in [0.2, 0.25) is 0 Å². The fraction of sp³-hybridized carbons (Fsp3) is 0. The van der Waals surface area contributed by atoms with Crippen molar-refractivity contribution in [2.24, 2.45) is 0 Å². The fourth-order valence-electron chi connectivity index (χ4n) is 4.32. The summed E-state index contributed by atoms with van der Waals surface area (Å²) < 4.78 is 0. The molecule has 10 nitrogen and oxygen atoms in total. The van der Waals surface area contributed by atoms with Crippen LogP contribution in [0.5, 0.6) is 0 Å². The van der Waals surface area contributed by atoms with Gasteiger partial charge in [0.1, 0.15) is 0 Å². The Morgan fingerprint density at radius 3 is 1.26 bits per heavy atom. The first-order chi connectivity index (χ1) is 20.8. The van der Waals surface area contributed by atoms with E-state index in [0.29, 0.717) is 11.6 Å². The van der Waals surface area contributed by atoms with Gasteiger partial charge >= 0.3 is 0 Å². The maximum absolute atomic E-state index is 4.27. The summed E-state index contributed by atoms with van der Waals surface area (Å²) in [4.78, 5) is 0. The first-order valence-corrected chi connectivity index (χ1v) is 13.2. The zero-order valence-corrected chi connectivity index (χ0v) is 22.4. The molecule has 0 saturated heterocycles. The number of nitrogens with zero attached hydrogens (tertiary/aromatic N) is 8. The molecule has 0 spiro atoms. The molecule has 0 unspecified atom stereocenters. The molecular weight excluding hydrogens is 524 g/mol. The lowest BCUT2D eigenvalue weighted by Gasteiger charge is -2.27. The summed E-state index contributed by atoms with van der Waals surface area (Å²) in [7, 11) is 0. The van der Waals surface area contributed by atoms with Crippen LogP contribution < -0.4 is 20.9 Å². The van der Waals surface area contributed by atoms with Gasteiger partial charge in [-0.2, -0.15) is 0 Å². The second-order valence-corrected chi connectivity index (χ2v) is 9.04. The minimum atomic E-state index is 0.601. The van der Waals surface area contributed by atoms with Gasteiger partial charge in [-0.25, -0.2) is 10.0 Å². The quantitative estimate of drug-likeness (QED) is 0.144. The highest BCUT2D eigenvalue weighted by molar-refractivity contribution is 5.85. The zero-order chi connectivity index (χ0) is 28.4. The van der Waals surface area contributed by atoms with Gasteiger partial charge in [0.25, 0.3) is 0 Å². The lowest BCUT2D eigenvalue weighted by molar-refractivity contribution is 0.851. The van der Waals surface area contributed by atoms with Crippen molar-refractivity contribution in [1.29, 1.82) is 0 Å². The molecule has 2 heterocycles. The number of hydrogen-bond donors (Lipinski definition) is 2. The first kappa shape index (κ1) is 26.1. The molecule has 6 aromatic rings. The van der Waals surface area contributed by atoms with Crippen LogP contribution in [0, 0.1) is 0 Å². The zero-order valence-electron chi connectivity index (χ0n) is 22.4. The average molecular weight is 551 g/mol. The number of aromatic nitrogens is 6. The van der Waals surface area contributed by atoms with Gasteiger partial charge in [0.15, 0.2) is 11.6 Å². The van der Waals surface area contributed by atoms with E-state index in [9.17, 15) is 0 Å². The number of nitrogens with one attached hydrogen (secondary N) is 2. The SMILES string of the molecule is C(=C\c1ccccc1N(Nc1ccccc1)c1ccnnn1)/c1ccccc1N(Nc1ccccc1)c1ccnnn1. The predicted octanol–water partition coefficient (Wildman–Crippen LogP) is 6.56. The van der Waals surface area contributed by atoms with Crippen LogP contribution in [0.4, 0.5) is 34.4 Å². The van der Waals surface area contributed by atoms with Crippen LogP contribution in [0.3, 0.4) is 0 Å². The van der Waals surface area contributed by atoms with E-state index in [4.69, 9.17) is 0 Å². The third-order valence-corrected chi connectivity index (χ3v) is 6.26. The maximum Gasteiger partial charge on any atom is 0.177 e. The van der Waals surface area contributed by atoms with Gasteiger partial charge in [-0.1, -0.05) is 84.9 Å². The summed E-state index contributed by atoms with van der Waals surface area (Å²) >= 11 is 0. The molecular formula is C32H26N10. The molecule has 4 aromatic carbocycles. The van der Waals surface area contributed by atoms with Crippen LogP contribution in [-0.4, -0.2) is 30.8 Å². The van der Waals surface area contributed by atoms with Crippen LogP contribution in [0.15, 0.2) is 134 Å². The minimum Gasteiger partial charge on any atom is -0.292 e. The second kappa shape index (κ2) is 12.8. The molecule has 2 N–H and O–H groups in total. The van der Waals surface area contributed by atoms with E-state index in [2.05, 4.69) is 66.0 Å². The van der Waals surface area contributed by atoms with E-state index >= 15 is 0 Å². The highest BCUT2D eigenvalue weighted by Gasteiger charge is 2.16. The second-order valence-electron chi connectivity index (χ2n) is 9.04. The van der Waals surface area contributed by atoms with Gasteiger partial charge in [0.2, 0.25) is 0 Å². The molecule has 0 aliphatic carbocycles. The highest BCUT2D eigenvalue weighted by Crippen LogP contribution is 2.32. The molecule has 0 radical (unpaired) electrons. The molecule has 42 heavy (non-hydrogen) atoms. The average Bonchev–Trinajstić information content (AvgIpc) is 3.07. The van der Waals surface area contributed by atoms with E-state index in [0.717, 1.165) is 33.9 Å². The summed E-state index contributed by atoms with van der Waals surface area (Å²) in [6, 6.07) is 39.6. The van der Waals surface area contributed by atoms with E-state index in [-0.39, 0.29) is 0 Å². The minimum absolute atomic E-state index is 0.601. The van der Waals surface area contributed by atoms with Gasteiger partial charge in [-0.3, -0.25) is 10.9 Å². The Bertz CT molecular complexity index is 1600. The topological polar surface area (TPSA) is 108 Å². The number of hydrazine groups is 2. The number of para-hydroxylation sites is 4. The van der Waals surface area contributed by atoms with Crippen LogP contribution >= 0.6 is 0 Å². The molecule has 10 heteroatoms. The molecule has 0 fully saturated rings. The summed E-state index contributed by atoms with van der Waals surface area (Å²) in [6.45, 7) is 0. The van der Waals surface area contributed by atoms with Crippen LogP contribution in [-0.2, 0) is 0 Å². The summed E-state index contributed by atoms with van der Waals surface area (Å²) in [5.41, 5.74) is 12.4. The van der Waals surface area contributed by atoms with E-state index in [1.165, 1.54) is 0 Å². The van der Waals surface area contributed by atoms with Gasteiger partial charge in [-0.15, -0.1) is 20.4 Å². The standard InChI is InChI=1S/C32H26N10/c1-3-13-27(14-4-1)37-41(31-21-23-33-39-35-31)29-17-9-7-11-25(29)19-20-26-12-8-10-18-30(26)42(32-22-24-34-40-36-32)38-28-15-5-2-6-16-28/h1-24,37-38H/b20-19+. The molecule has 0 bridgehead atoms. The lowest BCUT2D eigenvalue weighted by atomic mass is 10.1. The Labute approximate surface area is 243 Å². The van der Waals surface area contributed by atoms with Crippen molar-refractivity contribution in [3.8, 4) is 0 Å². The summed E-state index contributed by atoms with van der Waals surface area (Å²) in [5.74, 6) is 1.20. The Kier molecular flexibility index (Phi) is 7.95. The van der Waals surface area contributed by atoms with Crippen LogP contribution in [0.25, 0.3) is 12.2 Å². The molecule has 0 amide bonds. The maximum atomic E-state index is 4.27. The molecule has 0 saturated carbocycles. The van der Waals surface area contributed by atoms with E-state index in [1.54, 1.807) is 12.4 Å². The Hall–Kier alpha value is -6.16. The fourth-order valence-corrected chi connectivity index (χ4v) is 4.32. The lowest BCUT2D eigenvalue weighted by Crippen LogP contribution is -2.26. The Morgan fingerprint density at radius 2 is 0.857 bits per heavy atom. The van der Waals surface area contributed by atoms with Gasteiger partial charge in [0.05, 0.1) is 35.1 Å². The molecule has 2 aromatic heterocycles. The third kappa shape index (κ3) is 6.18. The largest absolute Gasteiger partial charge is 0.292 e. The number of benzene rings is 4. The van der Waals surface area contributed by atoms with E-state index < -0.39 is 0 Å². The van der Waals surface area contributed by atoms with Gasteiger partial charge < -0.3 is 0 Å². The van der Waals surface area contributed by atoms with Crippen molar-refractivity contribution in [3.05, 3.63) is 145 Å². The smallest absolute Gasteiger partial charge is 0.177 e. The Morgan fingerprint density at radius 1 is 0.452 bits per heavy atom. The van der Waals surface area contributed by atoms with Crippen molar-refractivity contribution in [2.75, 3.05) is 20.9 Å². The monoisotopic (exact) mass is 550 g/mol. The van der Waals surface area contributed by atoms with Crippen molar-refractivity contribution in [1.82, 2.24) is 30.8 Å². The predicted molar refractivity (Wildman–Crippen MR) is 166 cm³/mol. The van der Waals surface area contributed by atoms with Gasteiger partial charge in [0, 0.05) is 23.3 Å². The number of hydrogen-bond acceptors (Lipinski definition) is 10. The number of anilines is 6. The van der Waals surface area contributed by atoms with Crippen LogP contribution in [0.1, 0.15) is 11.1 Å². The van der Waals surface area contributed by atoms with Crippen molar-refractivity contribution < 1.29 is 0 Å². The molecule has 6 rings (SSSR count). The summed E-state index contributed by atoms with van der Waals surface area (Å²) in [5, 5.41) is 27.8. The van der Waals surface area contributed by atoms with Gasteiger partial charge in [-0.05, 0) is 46.8 Å². The van der Waals surface area contributed by atoms with Crippen molar-refractivity contribution in [2.45, 2.75) is 0 Å². The Balaban J connectivity index is 1.38. The third-order valence-electron chi connectivity index (χ3n) is 6.26. The molecule has 204 valence electrons. The highest BCUT2D eigenvalue weighted by atomic mass is 15.6. The molecule has 0 aliphatic rings. The number of rotatable bonds is 10. The molecule has 0 aliphatic heterocycles. The first-order valence-electron chi connectivity index (χ1n) is 13.2. The van der Waals surface area contributed by atoms with Crippen molar-refractivity contribution >= 4 is 46.5 Å². The van der Waals surface area contributed by atoms with Crippen molar-refractivity contribution in [3.63, 3.8) is 0 Å².